The number of aryl methyl sites for hydroxylation is 3. The average Bonchev–Trinajstić information content (AvgIpc) is 3.07. The highest BCUT2D eigenvalue weighted by molar-refractivity contribution is 7.91. The third kappa shape index (κ3) is 4.41. The largest absolute Gasteiger partial charge is 0.358 e. The van der Waals surface area contributed by atoms with Crippen LogP contribution in [0.5, 0.6) is 0 Å². The molecule has 1 fully saturated rings. The van der Waals surface area contributed by atoms with E-state index in [1.807, 2.05) is 25.9 Å². The lowest BCUT2D eigenvalue weighted by Gasteiger charge is -2.29. The van der Waals surface area contributed by atoms with Crippen LogP contribution in [0.3, 0.4) is 0 Å². The van der Waals surface area contributed by atoms with Crippen LogP contribution >= 0.6 is 0 Å². The molecular formula is C21H31N3O3S. The van der Waals surface area contributed by atoms with Crippen LogP contribution in [0.4, 0.5) is 0 Å². The Bertz CT molecular complexity index is 992. The van der Waals surface area contributed by atoms with E-state index in [-0.39, 0.29) is 23.5 Å². The summed E-state index contributed by atoms with van der Waals surface area (Å²) in [5.41, 5.74) is 5.43. The topological polar surface area (TPSA) is 73.5 Å². The number of carbonyl (C=O) groups is 1. The lowest BCUT2D eigenvalue weighted by atomic mass is 10.0. The maximum absolute atomic E-state index is 13.3. The van der Waals surface area contributed by atoms with Gasteiger partial charge in [0.2, 0.25) is 5.91 Å². The summed E-state index contributed by atoms with van der Waals surface area (Å²) in [5.74, 6) is 0.262. The molecule has 0 bridgehead atoms. The molecule has 0 spiro atoms. The number of sulfone groups is 1. The van der Waals surface area contributed by atoms with Gasteiger partial charge in [0.05, 0.1) is 17.9 Å². The zero-order chi connectivity index (χ0) is 20.6. The molecule has 1 amide bonds. The molecule has 28 heavy (non-hydrogen) atoms. The van der Waals surface area contributed by atoms with Crippen LogP contribution < -0.4 is 0 Å². The van der Waals surface area contributed by atoms with Crippen LogP contribution in [0.2, 0.25) is 0 Å². The van der Waals surface area contributed by atoms with Gasteiger partial charge >= 0.3 is 0 Å². The van der Waals surface area contributed by atoms with E-state index in [2.05, 4.69) is 31.0 Å². The Morgan fingerprint density at radius 2 is 1.89 bits per heavy atom. The lowest BCUT2D eigenvalue weighted by molar-refractivity contribution is -0.132. The van der Waals surface area contributed by atoms with Crippen molar-refractivity contribution in [2.24, 2.45) is 0 Å². The van der Waals surface area contributed by atoms with Gasteiger partial charge in [0.15, 0.2) is 9.84 Å². The molecule has 0 radical (unpaired) electrons. The molecule has 0 aliphatic carbocycles. The molecular weight excluding hydrogens is 374 g/mol. The zero-order valence-corrected chi connectivity index (χ0v) is 18.3. The molecule has 7 heteroatoms. The SMILES string of the molecule is Cc1cc(C)c2c(CC(=O)N(CCN(C)C)[C@H]3CCS(=O)(=O)C3)c(C)[nH]c2c1. The van der Waals surface area contributed by atoms with Crippen molar-refractivity contribution >= 4 is 26.6 Å². The number of fused-ring (bicyclic) bond motifs is 1. The second kappa shape index (κ2) is 7.87. The first kappa shape index (κ1) is 20.9. The van der Waals surface area contributed by atoms with Gasteiger partial charge in [0, 0.05) is 35.7 Å². The number of amides is 1. The van der Waals surface area contributed by atoms with Crippen molar-refractivity contribution in [3.05, 3.63) is 34.5 Å². The van der Waals surface area contributed by atoms with E-state index >= 15 is 0 Å². The highest BCUT2D eigenvalue weighted by Gasteiger charge is 2.34. The number of nitrogens with zero attached hydrogens (tertiary/aromatic N) is 2. The second-order valence-corrected chi connectivity index (χ2v) is 10.6. The molecule has 1 aromatic carbocycles. The minimum atomic E-state index is -3.04. The van der Waals surface area contributed by atoms with Crippen LogP contribution in [0.1, 0.15) is 28.8 Å². The molecule has 1 atom stereocenters. The Kier molecular flexibility index (Phi) is 5.87. The van der Waals surface area contributed by atoms with Crippen LogP contribution in [0.15, 0.2) is 12.1 Å². The summed E-state index contributed by atoms with van der Waals surface area (Å²) >= 11 is 0. The van der Waals surface area contributed by atoms with Gasteiger partial charge in [-0.15, -0.1) is 0 Å². The number of H-pyrrole nitrogens is 1. The number of hydrogen-bond acceptors (Lipinski definition) is 4. The Morgan fingerprint density at radius 3 is 2.50 bits per heavy atom. The van der Waals surface area contributed by atoms with Crippen molar-refractivity contribution in [1.29, 1.82) is 0 Å². The molecule has 0 unspecified atom stereocenters. The number of benzene rings is 1. The molecule has 3 rings (SSSR count). The van der Waals surface area contributed by atoms with Crippen LogP contribution in [0.25, 0.3) is 10.9 Å². The number of rotatable bonds is 6. The minimum absolute atomic E-state index is 0.00734. The van der Waals surface area contributed by atoms with Gasteiger partial charge < -0.3 is 14.8 Å². The molecule has 1 aliphatic rings. The summed E-state index contributed by atoms with van der Waals surface area (Å²) in [6, 6.07) is 4.03. The van der Waals surface area contributed by atoms with E-state index in [1.54, 1.807) is 4.90 Å². The molecule has 1 saturated heterocycles. The molecule has 154 valence electrons. The highest BCUT2D eigenvalue weighted by atomic mass is 32.2. The molecule has 1 N–H and O–H groups in total. The van der Waals surface area contributed by atoms with Gasteiger partial charge in [0.25, 0.3) is 0 Å². The maximum atomic E-state index is 13.3. The summed E-state index contributed by atoms with van der Waals surface area (Å²) in [6.45, 7) is 7.40. The van der Waals surface area contributed by atoms with E-state index in [9.17, 15) is 13.2 Å². The predicted octanol–water partition coefficient (Wildman–Crippen LogP) is 2.21. The van der Waals surface area contributed by atoms with Crippen molar-refractivity contribution in [3.63, 3.8) is 0 Å². The first-order chi connectivity index (χ1) is 13.1. The van der Waals surface area contributed by atoms with E-state index in [0.29, 0.717) is 25.9 Å². The third-order valence-corrected chi connectivity index (χ3v) is 7.39. The quantitative estimate of drug-likeness (QED) is 0.800. The first-order valence-electron chi connectivity index (χ1n) is 9.80. The summed E-state index contributed by atoms with van der Waals surface area (Å²) in [4.78, 5) is 20.5. The van der Waals surface area contributed by atoms with E-state index < -0.39 is 9.84 Å². The molecule has 2 heterocycles. The van der Waals surface area contributed by atoms with Gasteiger partial charge in [-0.3, -0.25) is 4.79 Å². The number of aromatic amines is 1. The van der Waals surface area contributed by atoms with Crippen molar-refractivity contribution in [1.82, 2.24) is 14.8 Å². The van der Waals surface area contributed by atoms with Crippen LogP contribution in [-0.4, -0.2) is 73.8 Å². The Morgan fingerprint density at radius 1 is 1.18 bits per heavy atom. The number of aromatic nitrogens is 1. The lowest BCUT2D eigenvalue weighted by Crippen LogP contribution is -2.45. The second-order valence-electron chi connectivity index (χ2n) is 8.36. The molecule has 1 aliphatic heterocycles. The fraction of sp³-hybridized carbons (Fsp3) is 0.571. The van der Waals surface area contributed by atoms with Gasteiger partial charge in [-0.25, -0.2) is 8.42 Å². The summed E-state index contributed by atoms with van der Waals surface area (Å²) < 4.78 is 24.0. The van der Waals surface area contributed by atoms with Gasteiger partial charge in [-0.2, -0.15) is 0 Å². The maximum Gasteiger partial charge on any atom is 0.227 e. The minimum Gasteiger partial charge on any atom is -0.358 e. The standard InChI is InChI=1S/C21H31N3O3S/c1-14-10-15(2)21-18(16(3)22-19(21)11-14)12-20(25)24(8-7-23(4)5)17-6-9-28(26,27)13-17/h10-11,17,22H,6-9,12-13H2,1-5H3/t17-/m0/s1. The van der Waals surface area contributed by atoms with Crippen molar-refractivity contribution in [2.75, 3.05) is 38.7 Å². The van der Waals surface area contributed by atoms with Gasteiger partial charge in [-0.1, -0.05) is 6.07 Å². The molecule has 6 nitrogen and oxygen atoms in total. The summed E-state index contributed by atoms with van der Waals surface area (Å²) in [7, 11) is 0.881. The highest BCUT2D eigenvalue weighted by Crippen LogP contribution is 2.28. The predicted molar refractivity (Wildman–Crippen MR) is 114 cm³/mol. The monoisotopic (exact) mass is 405 g/mol. The smallest absolute Gasteiger partial charge is 0.227 e. The van der Waals surface area contributed by atoms with E-state index in [0.717, 1.165) is 27.7 Å². The number of carbonyl (C=O) groups excluding carboxylic acids is 1. The summed E-state index contributed by atoms with van der Waals surface area (Å²) in [5, 5.41) is 1.11. The summed E-state index contributed by atoms with van der Waals surface area (Å²) in [6.07, 6.45) is 0.826. The van der Waals surface area contributed by atoms with Gasteiger partial charge in [0.1, 0.15) is 0 Å². The Labute approximate surface area is 167 Å². The Balaban J connectivity index is 1.89. The van der Waals surface area contributed by atoms with Gasteiger partial charge in [-0.05, 0) is 64.0 Å². The fourth-order valence-corrected chi connectivity index (χ4v) is 5.98. The zero-order valence-electron chi connectivity index (χ0n) is 17.5. The van der Waals surface area contributed by atoms with E-state index in [1.165, 1.54) is 5.56 Å². The fourth-order valence-electron chi connectivity index (χ4n) is 4.25. The number of nitrogens with one attached hydrogen (secondary N) is 1. The number of hydrogen-bond donors (Lipinski definition) is 1. The number of likely N-dealkylation sites (N-methyl/N-ethyl adjacent to an activating group) is 1. The average molecular weight is 406 g/mol. The first-order valence-corrected chi connectivity index (χ1v) is 11.6. The molecule has 1 aromatic heterocycles. The third-order valence-electron chi connectivity index (χ3n) is 5.64. The van der Waals surface area contributed by atoms with Crippen molar-refractivity contribution in [3.8, 4) is 0 Å². The van der Waals surface area contributed by atoms with Crippen LogP contribution in [-0.2, 0) is 21.1 Å². The van der Waals surface area contributed by atoms with Crippen molar-refractivity contribution in [2.45, 2.75) is 39.7 Å². The van der Waals surface area contributed by atoms with Crippen molar-refractivity contribution < 1.29 is 13.2 Å². The molecule has 2 aromatic rings. The normalized spacial score (nSPS) is 18.9. The molecule has 0 saturated carbocycles. The Hall–Kier alpha value is -1.86. The van der Waals surface area contributed by atoms with E-state index in [4.69, 9.17) is 0 Å². The van der Waals surface area contributed by atoms with Crippen LogP contribution in [0, 0.1) is 20.8 Å².